The summed E-state index contributed by atoms with van der Waals surface area (Å²) in [5, 5.41) is 10.5. The van der Waals surface area contributed by atoms with Crippen molar-refractivity contribution in [2.24, 2.45) is 5.73 Å². The van der Waals surface area contributed by atoms with Gasteiger partial charge in [0.25, 0.3) is 0 Å². The van der Waals surface area contributed by atoms with Crippen LogP contribution in [-0.2, 0) is 6.42 Å². The molecule has 0 saturated heterocycles. The lowest BCUT2D eigenvalue weighted by Crippen LogP contribution is -2.21. The van der Waals surface area contributed by atoms with Crippen LogP contribution in [-0.4, -0.2) is 5.54 Å². The van der Waals surface area contributed by atoms with Gasteiger partial charge in [-0.2, -0.15) is 5.26 Å². The molecule has 2 N–H and O–H groups in total. The van der Waals surface area contributed by atoms with Crippen LogP contribution in [0, 0.1) is 11.3 Å². The number of aryl methyl sites for hydroxylation is 1. The second-order valence-corrected chi connectivity index (χ2v) is 4.77. The molecule has 0 bridgehead atoms. The summed E-state index contributed by atoms with van der Waals surface area (Å²) in [6, 6.07) is 4.11. The smallest absolute Gasteiger partial charge is 0.1000 e. The number of nitrogens with zero attached hydrogens (tertiary/aromatic N) is 1. The van der Waals surface area contributed by atoms with Gasteiger partial charge in [0.2, 0.25) is 0 Å². The third-order valence-electron chi connectivity index (χ3n) is 2.54. The predicted molar refractivity (Wildman–Crippen MR) is 53.5 cm³/mol. The van der Waals surface area contributed by atoms with Gasteiger partial charge in [-0.25, -0.2) is 0 Å². The third-order valence-corrected chi connectivity index (χ3v) is 3.54. The fourth-order valence-corrected chi connectivity index (χ4v) is 2.17. The molecule has 1 saturated carbocycles. The van der Waals surface area contributed by atoms with Crippen molar-refractivity contribution in [3.05, 3.63) is 21.9 Å². The van der Waals surface area contributed by atoms with Gasteiger partial charge < -0.3 is 5.73 Å². The highest BCUT2D eigenvalue weighted by atomic mass is 32.1. The molecule has 0 aliphatic heterocycles. The van der Waals surface area contributed by atoms with Gasteiger partial charge in [-0.05, 0) is 31.7 Å². The Morgan fingerprint density at radius 3 is 2.92 bits per heavy atom. The number of nitriles is 1. The summed E-state index contributed by atoms with van der Waals surface area (Å²) in [6.07, 6.45) is 4.44. The summed E-state index contributed by atoms with van der Waals surface area (Å²) in [5.41, 5.74) is 6.89. The highest BCUT2D eigenvalue weighted by Crippen LogP contribution is 2.37. The van der Waals surface area contributed by atoms with E-state index in [1.165, 1.54) is 17.7 Å². The van der Waals surface area contributed by atoms with E-state index in [2.05, 4.69) is 6.07 Å². The van der Waals surface area contributed by atoms with Crippen molar-refractivity contribution in [2.45, 2.75) is 31.2 Å². The Labute approximate surface area is 82.0 Å². The van der Waals surface area contributed by atoms with Gasteiger partial charge in [0.05, 0.1) is 11.6 Å². The quantitative estimate of drug-likeness (QED) is 0.796. The van der Waals surface area contributed by atoms with Crippen LogP contribution in [0.4, 0.5) is 0 Å². The molecule has 1 aromatic rings. The van der Waals surface area contributed by atoms with Crippen molar-refractivity contribution < 1.29 is 0 Å². The summed E-state index contributed by atoms with van der Waals surface area (Å²) in [7, 11) is 0. The zero-order valence-corrected chi connectivity index (χ0v) is 8.23. The summed E-state index contributed by atoms with van der Waals surface area (Å²) in [6.45, 7) is 0. The fraction of sp³-hybridized carbons (Fsp3) is 0.500. The Balaban J connectivity index is 1.91. The first-order chi connectivity index (χ1) is 6.22. The van der Waals surface area contributed by atoms with Crippen LogP contribution in [0.3, 0.4) is 0 Å². The molecule has 1 aliphatic rings. The van der Waals surface area contributed by atoms with E-state index in [-0.39, 0.29) is 5.54 Å². The first-order valence-corrected chi connectivity index (χ1v) is 5.36. The summed E-state index contributed by atoms with van der Waals surface area (Å²) >= 11 is 1.66. The normalized spacial score (nSPS) is 18.2. The monoisotopic (exact) mass is 192 g/mol. The van der Waals surface area contributed by atoms with Crippen molar-refractivity contribution in [2.75, 3.05) is 0 Å². The van der Waals surface area contributed by atoms with Gasteiger partial charge in [-0.3, -0.25) is 0 Å². The highest BCUT2D eigenvalue weighted by molar-refractivity contribution is 7.10. The Kier molecular flexibility index (Phi) is 2.10. The number of nitrogens with two attached hydrogens (primary N) is 1. The molecule has 0 aromatic carbocycles. The van der Waals surface area contributed by atoms with E-state index in [1.54, 1.807) is 11.3 Å². The zero-order chi connectivity index (χ0) is 9.31. The summed E-state index contributed by atoms with van der Waals surface area (Å²) < 4.78 is 0. The molecule has 1 aliphatic carbocycles. The van der Waals surface area contributed by atoms with E-state index in [1.807, 2.05) is 11.4 Å². The minimum absolute atomic E-state index is 0.136. The molecule has 3 heteroatoms. The minimum Gasteiger partial charge on any atom is -0.325 e. The van der Waals surface area contributed by atoms with Crippen molar-refractivity contribution in [3.63, 3.8) is 0 Å². The molecule has 1 aromatic heterocycles. The molecule has 1 fully saturated rings. The second kappa shape index (κ2) is 3.13. The Morgan fingerprint density at radius 1 is 1.62 bits per heavy atom. The van der Waals surface area contributed by atoms with Gasteiger partial charge in [-0.15, -0.1) is 11.3 Å². The maximum atomic E-state index is 8.62. The molecule has 1 heterocycles. The molecule has 0 radical (unpaired) electrons. The van der Waals surface area contributed by atoms with Crippen molar-refractivity contribution in [3.8, 4) is 6.07 Å². The van der Waals surface area contributed by atoms with Gasteiger partial charge in [-0.1, -0.05) is 0 Å². The fourth-order valence-electron chi connectivity index (χ4n) is 1.35. The van der Waals surface area contributed by atoms with E-state index in [0.717, 1.165) is 18.4 Å². The van der Waals surface area contributed by atoms with E-state index in [9.17, 15) is 0 Å². The molecular weight excluding hydrogens is 180 g/mol. The van der Waals surface area contributed by atoms with Crippen LogP contribution in [0.5, 0.6) is 0 Å². The lowest BCUT2D eigenvalue weighted by atomic mass is 10.1. The van der Waals surface area contributed by atoms with Crippen LogP contribution in [0.25, 0.3) is 0 Å². The standard InChI is InChI=1S/C10H12N2S/c11-6-8-5-9(13-7-8)1-2-10(12)3-4-10/h5,7H,1-4,12H2. The van der Waals surface area contributed by atoms with E-state index >= 15 is 0 Å². The molecule has 68 valence electrons. The zero-order valence-electron chi connectivity index (χ0n) is 7.42. The van der Waals surface area contributed by atoms with E-state index in [4.69, 9.17) is 11.0 Å². The maximum absolute atomic E-state index is 8.62. The molecule has 0 unspecified atom stereocenters. The SMILES string of the molecule is N#Cc1csc(CCC2(N)CC2)c1. The highest BCUT2D eigenvalue weighted by Gasteiger charge is 2.37. The Hall–Kier alpha value is -0.850. The number of thiophene rings is 1. The van der Waals surface area contributed by atoms with Crippen molar-refractivity contribution in [1.29, 1.82) is 5.26 Å². The molecule has 2 rings (SSSR count). The number of hydrogen-bond donors (Lipinski definition) is 1. The first-order valence-electron chi connectivity index (χ1n) is 4.48. The number of hydrogen-bond acceptors (Lipinski definition) is 3. The van der Waals surface area contributed by atoms with Crippen molar-refractivity contribution >= 4 is 11.3 Å². The minimum atomic E-state index is 0.136. The molecule has 0 amide bonds. The lowest BCUT2D eigenvalue weighted by molar-refractivity contribution is 0.612. The van der Waals surface area contributed by atoms with Crippen LogP contribution in [0.1, 0.15) is 29.7 Å². The van der Waals surface area contributed by atoms with Crippen LogP contribution < -0.4 is 5.73 Å². The van der Waals surface area contributed by atoms with E-state index in [0.29, 0.717) is 0 Å². The largest absolute Gasteiger partial charge is 0.325 e. The van der Waals surface area contributed by atoms with Crippen LogP contribution >= 0.6 is 11.3 Å². The van der Waals surface area contributed by atoms with Gasteiger partial charge in [0, 0.05) is 15.8 Å². The summed E-state index contributed by atoms with van der Waals surface area (Å²) in [5.74, 6) is 0. The Morgan fingerprint density at radius 2 is 2.38 bits per heavy atom. The maximum Gasteiger partial charge on any atom is 0.1000 e. The number of rotatable bonds is 3. The van der Waals surface area contributed by atoms with E-state index < -0.39 is 0 Å². The average Bonchev–Trinajstić information content (AvgIpc) is 2.69. The van der Waals surface area contributed by atoms with Crippen molar-refractivity contribution in [1.82, 2.24) is 0 Å². The average molecular weight is 192 g/mol. The van der Waals surface area contributed by atoms with Crippen LogP contribution in [0.2, 0.25) is 0 Å². The molecule has 0 spiro atoms. The molecular formula is C10H12N2S. The first kappa shape index (κ1) is 8.74. The Bertz CT molecular complexity index is 344. The molecule has 13 heavy (non-hydrogen) atoms. The van der Waals surface area contributed by atoms with Gasteiger partial charge in [0.1, 0.15) is 0 Å². The molecule has 0 atom stereocenters. The second-order valence-electron chi connectivity index (χ2n) is 3.78. The van der Waals surface area contributed by atoms with Gasteiger partial charge >= 0.3 is 0 Å². The topological polar surface area (TPSA) is 49.8 Å². The summed E-state index contributed by atoms with van der Waals surface area (Å²) in [4.78, 5) is 1.29. The third kappa shape index (κ3) is 2.09. The van der Waals surface area contributed by atoms with Gasteiger partial charge in [0.15, 0.2) is 0 Å². The van der Waals surface area contributed by atoms with Crippen LogP contribution in [0.15, 0.2) is 11.4 Å². The predicted octanol–water partition coefficient (Wildman–Crippen LogP) is 2.04. The molecule has 2 nitrogen and oxygen atoms in total. The lowest BCUT2D eigenvalue weighted by Gasteiger charge is -2.05.